The summed E-state index contributed by atoms with van der Waals surface area (Å²) in [5.41, 5.74) is 2.86. The van der Waals surface area contributed by atoms with Crippen molar-refractivity contribution >= 4 is 39.1 Å². The SMILES string of the molecule is CCCNC(=O)[C@@H](Cc1ccccc1)N(Cc1ccccc1C)C(=O)CN(c1ccc(Cl)cc1)S(=O)(=O)c1ccc(OC)c(OC)c1. The highest BCUT2D eigenvalue weighted by atomic mass is 35.5. The molecule has 0 aliphatic carbocycles. The summed E-state index contributed by atoms with van der Waals surface area (Å²) in [5.74, 6) is -0.308. The third-order valence-corrected chi connectivity index (χ3v) is 9.78. The molecule has 4 aromatic rings. The van der Waals surface area contributed by atoms with Crippen LogP contribution in [0.5, 0.6) is 11.5 Å². The van der Waals surface area contributed by atoms with Gasteiger partial charge in [0.1, 0.15) is 12.6 Å². The highest BCUT2D eigenvalue weighted by Gasteiger charge is 2.35. The molecular weight excluding hydrogens is 638 g/mol. The maximum atomic E-state index is 14.6. The van der Waals surface area contributed by atoms with Crippen molar-refractivity contribution in [2.75, 3.05) is 31.6 Å². The Morgan fingerprint density at radius 3 is 2.17 bits per heavy atom. The first-order valence-electron chi connectivity index (χ1n) is 15.2. The number of aryl methyl sites for hydroxylation is 1. The Bertz CT molecular complexity index is 1770. The lowest BCUT2D eigenvalue weighted by atomic mass is 10.0. The van der Waals surface area contributed by atoms with Crippen LogP contribution in [0.1, 0.15) is 30.0 Å². The third-order valence-electron chi connectivity index (χ3n) is 7.76. The fourth-order valence-corrected chi connectivity index (χ4v) is 6.69. The van der Waals surface area contributed by atoms with Crippen LogP contribution in [0, 0.1) is 6.92 Å². The van der Waals surface area contributed by atoms with Gasteiger partial charge in [-0.15, -0.1) is 0 Å². The largest absolute Gasteiger partial charge is 0.493 e. The van der Waals surface area contributed by atoms with Crippen LogP contribution in [-0.4, -0.2) is 58.5 Å². The van der Waals surface area contributed by atoms with Crippen LogP contribution in [0.4, 0.5) is 5.69 Å². The highest BCUT2D eigenvalue weighted by molar-refractivity contribution is 7.92. The molecule has 11 heteroatoms. The van der Waals surface area contributed by atoms with E-state index in [1.807, 2.05) is 68.4 Å². The predicted octanol–water partition coefficient (Wildman–Crippen LogP) is 6.03. The van der Waals surface area contributed by atoms with Crippen LogP contribution in [-0.2, 0) is 32.6 Å². The van der Waals surface area contributed by atoms with E-state index in [0.717, 1.165) is 21.0 Å². The van der Waals surface area contributed by atoms with Crippen LogP contribution in [0.25, 0.3) is 0 Å². The predicted molar refractivity (Wildman–Crippen MR) is 184 cm³/mol. The molecule has 0 fully saturated rings. The lowest BCUT2D eigenvalue weighted by Crippen LogP contribution is -2.53. The number of nitrogens with zero attached hydrogens (tertiary/aromatic N) is 2. The number of benzene rings is 4. The van der Waals surface area contributed by atoms with Gasteiger partial charge in [0.2, 0.25) is 11.8 Å². The van der Waals surface area contributed by atoms with Gasteiger partial charge in [0.25, 0.3) is 10.0 Å². The third kappa shape index (κ3) is 8.84. The Hall–Kier alpha value is -4.54. The summed E-state index contributed by atoms with van der Waals surface area (Å²) in [6.07, 6.45) is 0.945. The number of sulfonamides is 1. The van der Waals surface area contributed by atoms with Crippen molar-refractivity contribution < 1.29 is 27.5 Å². The molecule has 0 aliphatic heterocycles. The number of halogens is 1. The molecule has 0 aliphatic rings. The number of nitrogens with one attached hydrogen (secondary N) is 1. The van der Waals surface area contributed by atoms with Gasteiger partial charge < -0.3 is 19.7 Å². The number of hydrogen-bond acceptors (Lipinski definition) is 6. The van der Waals surface area contributed by atoms with E-state index in [0.29, 0.717) is 23.7 Å². The summed E-state index contributed by atoms with van der Waals surface area (Å²) in [6, 6.07) is 26.5. The van der Waals surface area contributed by atoms with Crippen LogP contribution < -0.4 is 19.1 Å². The average molecular weight is 678 g/mol. The van der Waals surface area contributed by atoms with Gasteiger partial charge in [-0.1, -0.05) is 73.1 Å². The molecule has 9 nitrogen and oxygen atoms in total. The smallest absolute Gasteiger partial charge is 0.264 e. The van der Waals surface area contributed by atoms with Gasteiger partial charge >= 0.3 is 0 Å². The zero-order chi connectivity index (χ0) is 34.0. The molecule has 0 bridgehead atoms. The molecule has 0 spiro atoms. The van der Waals surface area contributed by atoms with E-state index < -0.39 is 28.5 Å². The van der Waals surface area contributed by atoms with Crippen molar-refractivity contribution in [3.05, 3.63) is 119 Å². The van der Waals surface area contributed by atoms with Crippen LogP contribution in [0.15, 0.2) is 102 Å². The average Bonchev–Trinajstić information content (AvgIpc) is 3.08. The van der Waals surface area contributed by atoms with Gasteiger partial charge in [0.05, 0.1) is 24.8 Å². The summed E-state index contributed by atoms with van der Waals surface area (Å²) in [4.78, 5) is 29.8. The Balaban J connectivity index is 1.82. The number of carbonyl (C=O) groups is 2. The Morgan fingerprint density at radius 2 is 1.53 bits per heavy atom. The summed E-state index contributed by atoms with van der Waals surface area (Å²) in [7, 11) is -1.48. The van der Waals surface area contributed by atoms with Crippen molar-refractivity contribution in [3.63, 3.8) is 0 Å². The molecule has 0 radical (unpaired) electrons. The number of carbonyl (C=O) groups excluding carboxylic acids is 2. The van der Waals surface area contributed by atoms with E-state index in [2.05, 4.69) is 5.32 Å². The molecule has 248 valence electrons. The van der Waals surface area contributed by atoms with Gasteiger partial charge in [-0.2, -0.15) is 0 Å². The monoisotopic (exact) mass is 677 g/mol. The number of hydrogen-bond donors (Lipinski definition) is 1. The first-order chi connectivity index (χ1) is 22.6. The zero-order valence-electron chi connectivity index (χ0n) is 27.0. The van der Waals surface area contributed by atoms with E-state index in [4.69, 9.17) is 21.1 Å². The van der Waals surface area contributed by atoms with Crippen LogP contribution >= 0.6 is 11.6 Å². The van der Waals surface area contributed by atoms with Crippen LogP contribution in [0.3, 0.4) is 0 Å². The highest BCUT2D eigenvalue weighted by Crippen LogP contribution is 2.33. The molecule has 0 unspecified atom stereocenters. The zero-order valence-corrected chi connectivity index (χ0v) is 28.6. The van der Waals surface area contributed by atoms with Crippen molar-refractivity contribution in [2.45, 2.75) is 44.2 Å². The number of anilines is 1. The minimum Gasteiger partial charge on any atom is -0.493 e. The van der Waals surface area contributed by atoms with Crippen LogP contribution in [0.2, 0.25) is 5.02 Å². The quantitative estimate of drug-likeness (QED) is 0.165. The number of methoxy groups -OCH3 is 2. The first-order valence-corrected chi connectivity index (χ1v) is 17.1. The van der Waals surface area contributed by atoms with Gasteiger partial charge in [-0.25, -0.2) is 8.42 Å². The fraction of sp³-hybridized carbons (Fsp3) is 0.278. The second-order valence-corrected chi connectivity index (χ2v) is 13.2. The van der Waals surface area contributed by atoms with Gasteiger partial charge in [-0.05, 0) is 66.4 Å². The Kier molecular flexibility index (Phi) is 12.3. The molecule has 0 aromatic heterocycles. The molecule has 0 saturated heterocycles. The lowest BCUT2D eigenvalue weighted by molar-refractivity contribution is -0.140. The maximum Gasteiger partial charge on any atom is 0.264 e. The Labute approximate surface area is 282 Å². The van der Waals surface area contributed by atoms with Gasteiger partial charge in [-0.3, -0.25) is 13.9 Å². The molecule has 0 saturated carbocycles. The minimum absolute atomic E-state index is 0.0907. The molecular formula is C36H40ClN3O6S. The molecule has 4 aromatic carbocycles. The molecule has 1 N–H and O–H groups in total. The topological polar surface area (TPSA) is 105 Å². The molecule has 0 heterocycles. The summed E-state index contributed by atoms with van der Waals surface area (Å²) < 4.78 is 40.4. The number of amides is 2. The summed E-state index contributed by atoms with van der Waals surface area (Å²) >= 11 is 6.16. The van der Waals surface area contributed by atoms with Crippen molar-refractivity contribution in [2.24, 2.45) is 0 Å². The standard InChI is InChI=1S/C36H40ClN3O6S/c1-5-21-38-36(42)32(22-27-12-7-6-8-13-27)39(24-28-14-10-9-11-26(28)2)35(41)25-40(30-17-15-29(37)16-18-30)47(43,44)31-19-20-33(45-3)34(23-31)46-4/h6-20,23,32H,5,21-22,24-25H2,1-4H3,(H,38,42)/t32-/m1/s1. The van der Waals surface area contributed by atoms with E-state index in [1.165, 1.54) is 49.5 Å². The minimum atomic E-state index is -4.35. The second kappa shape index (κ2) is 16.3. The second-order valence-electron chi connectivity index (χ2n) is 10.9. The maximum absolute atomic E-state index is 14.6. The molecule has 2 amide bonds. The summed E-state index contributed by atoms with van der Waals surface area (Å²) in [6.45, 7) is 3.82. The molecule has 1 atom stereocenters. The van der Waals surface area contributed by atoms with E-state index in [1.54, 1.807) is 12.1 Å². The number of ether oxygens (including phenoxy) is 2. The Morgan fingerprint density at radius 1 is 0.872 bits per heavy atom. The molecule has 4 rings (SSSR count). The lowest BCUT2D eigenvalue weighted by Gasteiger charge is -2.34. The van der Waals surface area contributed by atoms with Crippen molar-refractivity contribution in [3.8, 4) is 11.5 Å². The van der Waals surface area contributed by atoms with Crippen molar-refractivity contribution in [1.82, 2.24) is 10.2 Å². The van der Waals surface area contributed by atoms with Gasteiger partial charge in [0, 0.05) is 30.6 Å². The van der Waals surface area contributed by atoms with E-state index >= 15 is 0 Å². The first kappa shape index (κ1) is 35.3. The number of rotatable bonds is 15. The fourth-order valence-electron chi connectivity index (χ4n) is 5.13. The normalized spacial score (nSPS) is 11.8. The van der Waals surface area contributed by atoms with E-state index in [-0.39, 0.29) is 35.2 Å². The van der Waals surface area contributed by atoms with E-state index in [9.17, 15) is 18.0 Å². The molecule has 47 heavy (non-hydrogen) atoms. The van der Waals surface area contributed by atoms with Gasteiger partial charge in [0.15, 0.2) is 11.5 Å². The summed E-state index contributed by atoms with van der Waals surface area (Å²) in [5, 5.41) is 3.36. The van der Waals surface area contributed by atoms with Crippen molar-refractivity contribution in [1.29, 1.82) is 0 Å².